The maximum absolute atomic E-state index is 12.8. The van der Waals surface area contributed by atoms with Gasteiger partial charge in [0, 0.05) is 7.05 Å². The van der Waals surface area contributed by atoms with Crippen molar-refractivity contribution in [3.63, 3.8) is 0 Å². The number of Topliss-reactive ketones (excluding diaryl/α,β-unsaturated/α-hetero) is 1. The summed E-state index contributed by atoms with van der Waals surface area (Å²) in [4.78, 5) is 33.2. The van der Waals surface area contributed by atoms with Crippen LogP contribution in [0.25, 0.3) is 0 Å². The Morgan fingerprint density at radius 2 is 2.04 bits per heavy atom. The summed E-state index contributed by atoms with van der Waals surface area (Å²) in [7, 11) is 1.86. The fourth-order valence-electron chi connectivity index (χ4n) is 2.93. The average molecular weight is 348 g/mol. The van der Waals surface area contributed by atoms with Crippen LogP contribution < -0.4 is 0 Å². The molecule has 0 radical (unpaired) electrons. The third-order valence-corrected chi connectivity index (χ3v) is 6.74. The third-order valence-electron chi connectivity index (χ3n) is 4.22. The Labute approximate surface area is 144 Å². The minimum absolute atomic E-state index is 0.00620. The Hall–Kier alpha value is -1.53. The number of hydrogen-bond donors (Lipinski definition) is 0. The number of thiazole rings is 1. The SMILES string of the molecule is CCc1nc2c(s1)C(N(C)C(=O)c1ccc(C(C)=O)s1)CCC2. The second-order valence-electron chi connectivity index (χ2n) is 5.82. The number of aryl methyl sites for hydroxylation is 2. The number of aromatic nitrogens is 1. The quantitative estimate of drug-likeness (QED) is 0.781. The topological polar surface area (TPSA) is 50.3 Å². The molecule has 0 spiro atoms. The fraction of sp³-hybridized carbons (Fsp3) is 0.471. The Morgan fingerprint density at radius 3 is 2.70 bits per heavy atom. The molecule has 122 valence electrons. The van der Waals surface area contributed by atoms with Crippen molar-refractivity contribution in [2.75, 3.05) is 7.05 Å². The van der Waals surface area contributed by atoms with Crippen LogP contribution in [0.2, 0.25) is 0 Å². The lowest BCUT2D eigenvalue weighted by Crippen LogP contribution is -2.32. The van der Waals surface area contributed by atoms with Crippen molar-refractivity contribution < 1.29 is 9.59 Å². The number of carbonyl (C=O) groups is 2. The van der Waals surface area contributed by atoms with Crippen molar-refractivity contribution >= 4 is 34.4 Å². The fourth-order valence-corrected chi connectivity index (χ4v) is 5.04. The first-order chi connectivity index (χ1) is 11.0. The van der Waals surface area contributed by atoms with Crippen LogP contribution in [0, 0.1) is 0 Å². The number of rotatable bonds is 4. The van der Waals surface area contributed by atoms with Gasteiger partial charge in [-0.05, 0) is 44.7 Å². The van der Waals surface area contributed by atoms with E-state index in [0.717, 1.165) is 30.7 Å². The number of ketones is 1. The summed E-state index contributed by atoms with van der Waals surface area (Å²) in [5.74, 6) is -0.00139. The summed E-state index contributed by atoms with van der Waals surface area (Å²) < 4.78 is 0. The number of fused-ring (bicyclic) bond motifs is 1. The normalized spacial score (nSPS) is 16.9. The first-order valence-corrected chi connectivity index (χ1v) is 9.51. The molecule has 1 atom stereocenters. The Morgan fingerprint density at radius 1 is 1.30 bits per heavy atom. The van der Waals surface area contributed by atoms with E-state index in [4.69, 9.17) is 4.98 Å². The molecule has 0 bridgehead atoms. The van der Waals surface area contributed by atoms with Gasteiger partial charge in [-0.25, -0.2) is 4.98 Å². The number of amides is 1. The Balaban J connectivity index is 1.85. The molecule has 0 aliphatic heterocycles. The molecule has 0 saturated carbocycles. The van der Waals surface area contributed by atoms with Gasteiger partial charge in [0.25, 0.3) is 5.91 Å². The zero-order chi connectivity index (χ0) is 16.6. The number of nitrogens with zero attached hydrogens (tertiary/aromatic N) is 2. The van der Waals surface area contributed by atoms with Gasteiger partial charge in [0.2, 0.25) is 0 Å². The molecule has 1 aliphatic carbocycles. The van der Waals surface area contributed by atoms with E-state index in [2.05, 4.69) is 6.92 Å². The molecule has 0 saturated heterocycles. The van der Waals surface area contributed by atoms with Gasteiger partial charge in [-0.1, -0.05) is 6.92 Å². The average Bonchev–Trinajstić information content (AvgIpc) is 3.19. The minimum atomic E-state index is -0.00759. The standard InChI is InChI=1S/C17H20N2O2S2/c1-4-15-18-11-6-5-7-12(16(11)23-15)19(3)17(21)14-9-8-13(22-14)10(2)20/h8-9,12H,4-7H2,1-3H3. The molecular formula is C17H20N2O2S2. The van der Waals surface area contributed by atoms with Crippen molar-refractivity contribution in [2.45, 2.75) is 45.6 Å². The van der Waals surface area contributed by atoms with Gasteiger partial charge in [0.15, 0.2) is 5.78 Å². The Bertz CT molecular complexity index is 748. The van der Waals surface area contributed by atoms with Crippen molar-refractivity contribution in [3.8, 4) is 0 Å². The molecule has 2 aromatic rings. The van der Waals surface area contributed by atoms with E-state index < -0.39 is 0 Å². The lowest BCUT2D eigenvalue weighted by atomic mass is 9.97. The highest BCUT2D eigenvalue weighted by Gasteiger charge is 2.30. The predicted octanol–water partition coefficient (Wildman–Crippen LogP) is 4.12. The van der Waals surface area contributed by atoms with Gasteiger partial charge >= 0.3 is 0 Å². The van der Waals surface area contributed by atoms with Crippen LogP contribution in [0.3, 0.4) is 0 Å². The molecule has 1 unspecified atom stereocenters. The molecule has 2 heterocycles. The summed E-state index contributed by atoms with van der Waals surface area (Å²) in [6.45, 7) is 3.64. The number of thiophene rings is 1. The zero-order valence-corrected chi connectivity index (χ0v) is 15.2. The number of hydrogen-bond acceptors (Lipinski definition) is 5. The molecule has 0 fully saturated rings. The maximum Gasteiger partial charge on any atom is 0.264 e. The van der Waals surface area contributed by atoms with Gasteiger partial charge < -0.3 is 4.90 Å². The second kappa shape index (κ2) is 6.53. The smallest absolute Gasteiger partial charge is 0.264 e. The van der Waals surface area contributed by atoms with Crippen LogP contribution in [0.5, 0.6) is 0 Å². The summed E-state index contributed by atoms with van der Waals surface area (Å²) in [5.41, 5.74) is 1.17. The largest absolute Gasteiger partial charge is 0.333 e. The highest BCUT2D eigenvalue weighted by atomic mass is 32.1. The highest BCUT2D eigenvalue weighted by molar-refractivity contribution is 7.16. The van der Waals surface area contributed by atoms with E-state index in [9.17, 15) is 9.59 Å². The van der Waals surface area contributed by atoms with Crippen molar-refractivity contribution in [1.82, 2.24) is 9.88 Å². The van der Waals surface area contributed by atoms with Crippen LogP contribution in [0.4, 0.5) is 0 Å². The molecule has 1 aliphatic rings. The first-order valence-electron chi connectivity index (χ1n) is 7.87. The van der Waals surface area contributed by atoms with Gasteiger partial charge in [0.05, 0.1) is 31.4 Å². The van der Waals surface area contributed by atoms with Gasteiger partial charge in [-0.3, -0.25) is 9.59 Å². The zero-order valence-electron chi connectivity index (χ0n) is 13.6. The molecular weight excluding hydrogens is 328 g/mol. The van der Waals surface area contributed by atoms with Gasteiger partial charge in [0.1, 0.15) is 0 Å². The molecule has 2 aromatic heterocycles. The van der Waals surface area contributed by atoms with Gasteiger partial charge in [-0.15, -0.1) is 22.7 Å². The monoisotopic (exact) mass is 348 g/mol. The predicted molar refractivity (Wildman–Crippen MR) is 93.6 cm³/mol. The van der Waals surface area contributed by atoms with E-state index >= 15 is 0 Å². The summed E-state index contributed by atoms with van der Waals surface area (Å²) in [5, 5.41) is 1.15. The van der Waals surface area contributed by atoms with Crippen molar-refractivity contribution in [3.05, 3.63) is 37.5 Å². The summed E-state index contributed by atoms with van der Waals surface area (Å²) in [6, 6.07) is 3.60. The van der Waals surface area contributed by atoms with Crippen LogP contribution in [-0.2, 0) is 12.8 Å². The van der Waals surface area contributed by atoms with E-state index in [1.807, 2.05) is 11.9 Å². The van der Waals surface area contributed by atoms with E-state index in [1.54, 1.807) is 23.5 Å². The van der Waals surface area contributed by atoms with Crippen LogP contribution in [0.15, 0.2) is 12.1 Å². The lowest BCUT2D eigenvalue weighted by molar-refractivity contribution is 0.0723. The van der Waals surface area contributed by atoms with E-state index in [0.29, 0.717) is 9.75 Å². The molecule has 3 rings (SSSR count). The second-order valence-corrected chi connectivity index (χ2v) is 8.02. The molecule has 0 aromatic carbocycles. The molecule has 4 nitrogen and oxygen atoms in total. The molecule has 0 N–H and O–H groups in total. The summed E-state index contributed by atoms with van der Waals surface area (Å²) in [6.07, 6.45) is 3.99. The minimum Gasteiger partial charge on any atom is -0.333 e. The van der Waals surface area contributed by atoms with Gasteiger partial charge in [-0.2, -0.15) is 0 Å². The third kappa shape index (κ3) is 3.10. The van der Waals surface area contributed by atoms with E-state index in [1.165, 1.54) is 28.8 Å². The van der Waals surface area contributed by atoms with Crippen molar-refractivity contribution in [2.24, 2.45) is 0 Å². The molecule has 6 heteroatoms. The maximum atomic E-state index is 12.8. The number of carbonyl (C=O) groups excluding carboxylic acids is 2. The highest BCUT2D eigenvalue weighted by Crippen LogP contribution is 2.38. The summed E-state index contributed by atoms with van der Waals surface area (Å²) >= 11 is 3.02. The Kier molecular flexibility index (Phi) is 4.64. The van der Waals surface area contributed by atoms with Crippen LogP contribution in [-0.4, -0.2) is 28.6 Å². The van der Waals surface area contributed by atoms with E-state index in [-0.39, 0.29) is 17.7 Å². The lowest BCUT2D eigenvalue weighted by Gasteiger charge is -2.30. The van der Waals surface area contributed by atoms with Crippen LogP contribution in [0.1, 0.15) is 67.7 Å². The van der Waals surface area contributed by atoms with Crippen LogP contribution >= 0.6 is 22.7 Å². The first kappa shape index (κ1) is 16.3. The molecule has 1 amide bonds. The molecule has 23 heavy (non-hydrogen) atoms. The van der Waals surface area contributed by atoms with Crippen molar-refractivity contribution in [1.29, 1.82) is 0 Å².